The Morgan fingerprint density at radius 3 is 2.86 bits per heavy atom. The number of ether oxygens (including phenoxy) is 1. The third-order valence-electron chi connectivity index (χ3n) is 3.98. The molecule has 1 fully saturated rings. The minimum absolute atomic E-state index is 0.0625. The van der Waals surface area contributed by atoms with Crippen molar-refractivity contribution >= 4 is 0 Å². The van der Waals surface area contributed by atoms with Gasteiger partial charge in [0, 0.05) is 11.6 Å². The average Bonchev–Trinajstić information content (AvgIpc) is 3.24. The van der Waals surface area contributed by atoms with Crippen LogP contribution < -0.4 is 10.1 Å². The second kappa shape index (κ2) is 5.85. The molecule has 0 bridgehead atoms. The number of benzene rings is 1. The van der Waals surface area contributed by atoms with E-state index < -0.39 is 0 Å². The second-order valence-electron chi connectivity index (χ2n) is 5.70. The van der Waals surface area contributed by atoms with Crippen molar-refractivity contribution in [2.75, 3.05) is 7.11 Å². The molecule has 1 heterocycles. The molecular weight excluding hydrogens is 266 g/mol. The van der Waals surface area contributed by atoms with E-state index in [1.807, 2.05) is 24.3 Å². The predicted octanol–water partition coefficient (Wildman–Crippen LogP) is 3.19. The van der Waals surface area contributed by atoms with Crippen molar-refractivity contribution in [2.45, 2.75) is 38.8 Å². The van der Waals surface area contributed by atoms with Crippen LogP contribution in [0.3, 0.4) is 0 Å². The summed E-state index contributed by atoms with van der Waals surface area (Å²) < 4.78 is 10.6. The van der Waals surface area contributed by atoms with Gasteiger partial charge in [0.25, 0.3) is 0 Å². The fourth-order valence-electron chi connectivity index (χ4n) is 2.49. The molecule has 5 heteroatoms. The Bertz CT molecular complexity index is 607. The monoisotopic (exact) mass is 287 g/mol. The normalized spacial score (nSPS) is 17.5. The number of hydrogen-bond acceptors (Lipinski definition) is 5. The van der Waals surface area contributed by atoms with E-state index in [1.54, 1.807) is 7.11 Å². The van der Waals surface area contributed by atoms with Crippen LogP contribution in [-0.4, -0.2) is 23.3 Å². The molecule has 0 aliphatic heterocycles. The van der Waals surface area contributed by atoms with Crippen molar-refractivity contribution in [2.24, 2.45) is 5.92 Å². The van der Waals surface area contributed by atoms with Crippen LogP contribution in [0.4, 0.5) is 0 Å². The Morgan fingerprint density at radius 2 is 2.14 bits per heavy atom. The van der Waals surface area contributed by atoms with Crippen molar-refractivity contribution in [3.8, 4) is 17.1 Å². The third-order valence-corrected chi connectivity index (χ3v) is 3.98. The Labute approximate surface area is 124 Å². The van der Waals surface area contributed by atoms with Crippen LogP contribution in [-0.2, 0) is 0 Å². The van der Waals surface area contributed by atoms with Crippen LogP contribution in [0, 0.1) is 5.92 Å². The molecule has 0 radical (unpaired) electrons. The molecule has 1 aliphatic carbocycles. The van der Waals surface area contributed by atoms with E-state index in [2.05, 4.69) is 29.3 Å². The SMILES string of the molecule is COc1cccc(-c2noc(C(C)NC(C)C3CC3)n2)c1. The maximum absolute atomic E-state index is 5.39. The molecule has 1 aromatic heterocycles. The quantitative estimate of drug-likeness (QED) is 0.884. The zero-order valence-corrected chi connectivity index (χ0v) is 12.7. The highest BCUT2D eigenvalue weighted by Gasteiger charge is 2.29. The molecule has 0 saturated heterocycles. The minimum Gasteiger partial charge on any atom is -0.497 e. The fourth-order valence-corrected chi connectivity index (χ4v) is 2.49. The van der Waals surface area contributed by atoms with Gasteiger partial charge in [-0.3, -0.25) is 0 Å². The van der Waals surface area contributed by atoms with E-state index >= 15 is 0 Å². The highest BCUT2D eigenvalue weighted by atomic mass is 16.5. The summed E-state index contributed by atoms with van der Waals surface area (Å²) in [6, 6.07) is 8.22. The first-order valence-electron chi connectivity index (χ1n) is 7.41. The number of rotatable bonds is 6. The van der Waals surface area contributed by atoms with Gasteiger partial charge in [-0.2, -0.15) is 4.98 Å². The molecule has 5 nitrogen and oxygen atoms in total. The highest BCUT2D eigenvalue weighted by molar-refractivity contribution is 5.56. The summed E-state index contributed by atoms with van der Waals surface area (Å²) in [5.74, 6) is 2.80. The lowest BCUT2D eigenvalue weighted by Gasteiger charge is -2.16. The maximum atomic E-state index is 5.39. The van der Waals surface area contributed by atoms with Crippen molar-refractivity contribution in [3.05, 3.63) is 30.2 Å². The lowest BCUT2D eigenvalue weighted by atomic mass is 10.2. The molecule has 2 aromatic rings. The van der Waals surface area contributed by atoms with E-state index in [0.29, 0.717) is 17.8 Å². The van der Waals surface area contributed by atoms with Gasteiger partial charge in [-0.1, -0.05) is 17.3 Å². The summed E-state index contributed by atoms with van der Waals surface area (Å²) in [5, 5.41) is 7.59. The molecular formula is C16H21N3O2. The van der Waals surface area contributed by atoms with Gasteiger partial charge < -0.3 is 14.6 Å². The number of aromatic nitrogens is 2. The van der Waals surface area contributed by atoms with Crippen LogP contribution in [0.5, 0.6) is 5.75 Å². The molecule has 1 aliphatic rings. The summed E-state index contributed by atoms with van der Waals surface area (Å²) in [4.78, 5) is 4.49. The van der Waals surface area contributed by atoms with Gasteiger partial charge in [0.1, 0.15) is 5.75 Å². The fraction of sp³-hybridized carbons (Fsp3) is 0.500. The molecule has 1 saturated carbocycles. The Morgan fingerprint density at radius 1 is 1.33 bits per heavy atom. The smallest absolute Gasteiger partial charge is 0.243 e. The molecule has 0 spiro atoms. The van der Waals surface area contributed by atoms with Crippen molar-refractivity contribution in [3.63, 3.8) is 0 Å². The molecule has 2 unspecified atom stereocenters. The van der Waals surface area contributed by atoms with E-state index in [4.69, 9.17) is 9.26 Å². The largest absolute Gasteiger partial charge is 0.497 e. The van der Waals surface area contributed by atoms with Crippen molar-refractivity contribution in [1.29, 1.82) is 0 Å². The van der Waals surface area contributed by atoms with E-state index in [9.17, 15) is 0 Å². The molecule has 21 heavy (non-hydrogen) atoms. The van der Waals surface area contributed by atoms with Crippen LogP contribution in [0.2, 0.25) is 0 Å². The number of hydrogen-bond donors (Lipinski definition) is 1. The summed E-state index contributed by atoms with van der Waals surface area (Å²) >= 11 is 0. The number of nitrogens with one attached hydrogen (secondary N) is 1. The van der Waals surface area contributed by atoms with E-state index in [1.165, 1.54) is 12.8 Å². The Hall–Kier alpha value is -1.88. The molecule has 1 aromatic carbocycles. The minimum atomic E-state index is 0.0625. The summed E-state index contributed by atoms with van der Waals surface area (Å²) in [7, 11) is 1.64. The zero-order chi connectivity index (χ0) is 14.8. The lowest BCUT2D eigenvalue weighted by Crippen LogP contribution is -2.30. The lowest BCUT2D eigenvalue weighted by molar-refractivity contribution is 0.319. The van der Waals surface area contributed by atoms with E-state index in [0.717, 1.165) is 17.2 Å². The molecule has 112 valence electrons. The standard InChI is InChI=1S/C16H21N3O2/c1-10(12-7-8-12)17-11(2)16-18-15(19-21-16)13-5-4-6-14(9-13)20-3/h4-6,9-12,17H,7-8H2,1-3H3. The van der Waals surface area contributed by atoms with Gasteiger partial charge in [0.05, 0.1) is 13.2 Å². The maximum Gasteiger partial charge on any atom is 0.243 e. The first-order chi connectivity index (χ1) is 10.2. The summed E-state index contributed by atoms with van der Waals surface area (Å²) in [5.41, 5.74) is 0.895. The van der Waals surface area contributed by atoms with Crippen LogP contribution in [0.15, 0.2) is 28.8 Å². The van der Waals surface area contributed by atoms with Gasteiger partial charge in [-0.15, -0.1) is 0 Å². The highest BCUT2D eigenvalue weighted by Crippen LogP contribution is 2.33. The van der Waals surface area contributed by atoms with Crippen molar-refractivity contribution < 1.29 is 9.26 Å². The molecule has 3 rings (SSSR count). The van der Waals surface area contributed by atoms with Gasteiger partial charge in [0.2, 0.25) is 11.7 Å². The second-order valence-corrected chi connectivity index (χ2v) is 5.70. The zero-order valence-electron chi connectivity index (χ0n) is 12.7. The van der Waals surface area contributed by atoms with Gasteiger partial charge in [-0.25, -0.2) is 0 Å². The number of nitrogens with zero attached hydrogens (tertiary/aromatic N) is 2. The Kier molecular flexibility index (Phi) is 3.92. The van der Waals surface area contributed by atoms with Crippen LogP contribution in [0.25, 0.3) is 11.4 Å². The first-order valence-corrected chi connectivity index (χ1v) is 7.41. The van der Waals surface area contributed by atoms with Crippen molar-refractivity contribution in [1.82, 2.24) is 15.5 Å². The first kappa shape index (κ1) is 14.1. The van der Waals surface area contributed by atoms with Crippen LogP contribution in [0.1, 0.15) is 38.6 Å². The summed E-state index contributed by atoms with van der Waals surface area (Å²) in [6.07, 6.45) is 2.64. The average molecular weight is 287 g/mol. The van der Waals surface area contributed by atoms with E-state index in [-0.39, 0.29) is 6.04 Å². The van der Waals surface area contributed by atoms with Crippen LogP contribution >= 0.6 is 0 Å². The molecule has 2 atom stereocenters. The predicted molar refractivity (Wildman–Crippen MR) is 80.0 cm³/mol. The van der Waals surface area contributed by atoms with Gasteiger partial charge in [-0.05, 0) is 44.7 Å². The Balaban J connectivity index is 1.72. The van der Waals surface area contributed by atoms with Gasteiger partial charge >= 0.3 is 0 Å². The third kappa shape index (κ3) is 3.24. The number of methoxy groups -OCH3 is 1. The summed E-state index contributed by atoms with van der Waals surface area (Å²) in [6.45, 7) is 4.27. The molecule has 0 amide bonds. The topological polar surface area (TPSA) is 60.2 Å². The molecule has 1 N–H and O–H groups in total. The van der Waals surface area contributed by atoms with Gasteiger partial charge in [0.15, 0.2) is 0 Å².